The van der Waals surface area contributed by atoms with Crippen LogP contribution in [0.25, 0.3) is 21.8 Å². The molecular weight excluding hydrogens is 172 g/mol. The first kappa shape index (κ1) is 7.56. The molecule has 2 heteroatoms. The first-order chi connectivity index (χ1) is 6.86. The van der Waals surface area contributed by atoms with Gasteiger partial charge in [0, 0.05) is 17.0 Å². The Kier molecular flexibility index (Phi) is 1.39. The van der Waals surface area contributed by atoms with Crippen LogP contribution in [0.4, 0.5) is 0 Å². The van der Waals surface area contributed by atoms with Crippen LogP contribution in [-0.4, -0.2) is 4.98 Å². The molecule has 2 nitrogen and oxygen atoms in total. The van der Waals surface area contributed by atoms with Crippen molar-refractivity contribution in [2.24, 2.45) is 0 Å². The molecule has 0 saturated heterocycles. The van der Waals surface area contributed by atoms with Gasteiger partial charge in [0.25, 0.3) is 0 Å². The summed E-state index contributed by atoms with van der Waals surface area (Å²) in [5.41, 5.74) is 3.71. The zero-order valence-electron chi connectivity index (χ0n) is 7.96. The molecule has 2 N–H and O–H groups in total. The van der Waals surface area contributed by atoms with Gasteiger partial charge in [-0.05, 0) is 18.6 Å². The first-order valence-corrected chi connectivity index (χ1v) is 4.73. The van der Waals surface area contributed by atoms with E-state index in [0.717, 1.165) is 0 Å². The molecule has 0 aliphatic heterocycles. The van der Waals surface area contributed by atoms with E-state index in [-0.39, 0.29) is 0 Å². The number of nitrogens with one attached hydrogen (secondary N) is 2. The van der Waals surface area contributed by atoms with E-state index < -0.39 is 0 Å². The van der Waals surface area contributed by atoms with Gasteiger partial charge in [-0.15, -0.1) is 0 Å². The van der Waals surface area contributed by atoms with E-state index in [9.17, 15) is 0 Å². The zero-order valence-corrected chi connectivity index (χ0v) is 7.96. The highest BCUT2D eigenvalue weighted by molar-refractivity contribution is 6.08. The molecule has 2 aromatic heterocycles. The van der Waals surface area contributed by atoms with Gasteiger partial charge in [0.15, 0.2) is 12.4 Å². The van der Waals surface area contributed by atoms with Crippen molar-refractivity contribution in [2.75, 3.05) is 0 Å². The number of H-pyrrole nitrogens is 2. The van der Waals surface area contributed by atoms with Gasteiger partial charge in [-0.3, -0.25) is 0 Å². The zero-order chi connectivity index (χ0) is 9.54. The number of hydrogen-bond donors (Lipinski definition) is 1. The Morgan fingerprint density at radius 1 is 1.14 bits per heavy atom. The van der Waals surface area contributed by atoms with Crippen LogP contribution in [0.3, 0.4) is 0 Å². The highest BCUT2D eigenvalue weighted by atomic mass is 14.7. The summed E-state index contributed by atoms with van der Waals surface area (Å²) >= 11 is 0. The number of pyridine rings is 1. The fourth-order valence-corrected chi connectivity index (χ4v) is 2.02. The number of fused-ring (bicyclic) bond motifs is 3. The molecule has 14 heavy (non-hydrogen) atoms. The van der Waals surface area contributed by atoms with Gasteiger partial charge >= 0.3 is 0 Å². The molecule has 0 bridgehead atoms. The normalized spacial score (nSPS) is 11.2. The summed E-state index contributed by atoms with van der Waals surface area (Å²) in [4.78, 5) is 6.52. The fourth-order valence-electron chi connectivity index (χ4n) is 2.02. The van der Waals surface area contributed by atoms with Gasteiger partial charge in [-0.1, -0.05) is 12.1 Å². The molecule has 1 aromatic carbocycles. The standard InChI is InChI=1S/C12H10N2/c1-8-3-2-4-11-12(8)9-7-13-6-5-10(9)14-11/h2-7,14H,1H3/p+1. The molecule has 3 rings (SSSR count). The molecule has 0 unspecified atom stereocenters. The van der Waals surface area contributed by atoms with Crippen molar-refractivity contribution in [3.8, 4) is 0 Å². The molecule has 68 valence electrons. The van der Waals surface area contributed by atoms with Crippen molar-refractivity contribution in [1.29, 1.82) is 0 Å². The summed E-state index contributed by atoms with van der Waals surface area (Å²) in [6.45, 7) is 2.14. The molecule has 0 radical (unpaired) electrons. The van der Waals surface area contributed by atoms with Crippen molar-refractivity contribution < 1.29 is 4.98 Å². The quantitative estimate of drug-likeness (QED) is 0.555. The van der Waals surface area contributed by atoms with Crippen LogP contribution in [0.15, 0.2) is 36.7 Å². The summed E-state index contributed by atoms with van der Waals surface area (Å²) in [6.07, 6.45) is 3.98. The van der Waals surface area contributed by atoms with Crippen LogP contribution < -0.4 is 4.98 Å². The molecule has 0 amide bonds. The Morgan fingerprint density at radius 3 is 3.00 bits per heavy atom. The molecule has 0 fully saturated rings. The number of aromatic amines is 2. The minimum absolute atomic E-state index is 1.19. The average Bonchev–Trinajstić information content (AvgIpc) is 2.57. The largest absolute Gasteiger partial charge is 0.354 e. The van der Waals surface area contributed by atoms with Crippen LogP contribution in [-0.2, 0) is 0 Å². The number of rotatable bonds is 0. The third-order valence-electron chi connectivity index (χ3n) is 2.68. The second-order valence-corrected chi connectivity index (χ2v) is 3.59. The smallest absolute Gasteiger partial charge is 0.177 e. The van der Waals surface area contributed by atoms with Crippen molar-refractivity contribution in [3.05, 3.63) is 42.2 Å². The predicted octanol–water partition coefficient (Wildman–Crippen LogP) is 2.44. The Hall–Kier alpha value is -1.83. The van der Waals surface area contributed by atoms with E-state index in [4.69, 9.17) is 0 Å². The highest BCUT2D eigenvalue weighted by Gasteiger charge is 2.06. The van der Waals surface area contributed by atoms with Crippen molar-refractivity contribution in [2.45, 2.75) is 6.92 Å². The maximum atomic E-state index is 3.40. The van der Waals surface area contributed by atoms with Crippen molar-refractivity contribution in [1.82, 2.24) is 4.98 Å². The summed E-state index contributed by atoms with van der Waals surface area (Å²) < 4.78 is 0. The maximum absolute atomic E-state index is 3.40. The summed E-state index contributed by atoms with van der Waals surface area (Å²) in [5, 5.41) is 2.58. The van der Waals surface area contributed by atoms with Crippen molar-refractivity contribution >= 4 is 21.8 Å². The van der Waals surface area contributed by atoms with Crippen LogP contribution in [0, 0.1) is 6.92 Å². The Labute approximate surface area is 81.6 Å². The van der Waals surface area contributed by atoms with E-state index in [0.29, 0.717) is 0 Å². The summed E-state index contributed by atoms with van der Waals surface area (Å²) in [6, 6.07) is 8.40. The van der Waals surface area contributed by atoms with Crippen LogP contribution in [0.5, 0.6) is 0 Å². The predicted molar refractivity (Wildman–Crippen MR) is 57.1 cm³/mol. The molecule has 0 spiro atoms. The minimum atomic E-state index is 1.19. The number of aromatic nitrogens is 2. The Bertz CT molecular complexity index is 608. The van der Waals surface area contributed by atoms with Gasteiger partial charge in [-0.2, -0.15) is 0 Å². The summed E-state index contributed by atoms with van der Waals surface area (Å²) in [7, 11) is 0. The maximum Gasteiger partial charge on any atom is 0.177 e. The third-order valence-corrected chi connectivity index (χ3v) is 2.68. The molecule has 0 aliphatic rings. The molecule has 2 heterocycles. The monoisotopic (exact) mass is 183 g/mol. The average molecular weight is 183 g/mol. The molecule has 0 aliphatic carbocycles. The lowest BCUT2D eigenvalue weighted by Gasteiger charge is -1.93. The highest BCUT2D eigenvalue weighted by Crippen LogP contribution is 2.26. The van der Waals surface area contributed by atoms with Crippen molar-refractivity contribution in [3.63, 3.8) is 0 Å². The number of hydrogen-bond acceptors (Lipinski definition) is 0. The fraction of sp³-hybridized carbons (Fsp3) is 0.0833. The topological polar surface area (TPSA) is 29.9 Å². The number of aryl methyl sites for hydroxylation is 1. The lowest BCUT2D eigenvalue weighted by molar-refractivity contribution is -0.375. The summed E-state index contributed by atoms with van der Waals surface area (Å²) in [5.74, 6) is 0. The Morgan fingerprint density at radius 2 is 2.07 bits per heavy atom. The molecule has 0 atom stereocenters. The lowest BCUT2D eigenvalue weighted by atomic mass is 10.1. The number of benzene rings is 1. The van der Waals surface area contributed by atoms with Crippen LogP contribution in [0.2, 0.25) is 0 Å². The van der Waals surface area contributed by atoms with E-state index >= 15 is 0 Å². The van der Waals surface area contributed by atoms with Gasteiger partial charge in [0.2, 0.25) is 0 Å². The van der Waals surface area contributed by atoms with Crippen LogP contribution in [0.1, 0.15) is 5.56 Å². The molecule has 0 saturated carbocycles. The molecular formula is C12H11N2+. The van der Waals surface area contributed by atoms with Gasteiger partial charge in [0.05, 0.1) is 10.9 Å². The Balaban J connectivity index is 2.65. The van der Waals surface area contributed by atoms with E-state index in [1.54, 1.807) is 0 Å². The second-order valence-electron chi connectivity index (χ2n) is 3.59. The second kappa shape index (κ2) is 2.58. The first-order valence-electron chi connectivity index (χ1n) is 4.73. The van der Waals surface area contributed by atoms with E-state index in [1.807, 2.05) is 12.4 Å². The van der Waals surface area contributed by atoms with E-state index in [2.05, 4.69) is 41.2 Å². The van der Waals surface area contributed by atoms with Gasteiger partial charge in [0.1, 0.15) is 0 Å². The third kappa shape index (κ3) is 0.880. The lowest BCUT2D eigenvalue weighted by Crippen LogP contribution is -1.96. The van der Waals surface area contributed by atoms with E-state index in [1.165, 1.54) is 27.4 Å². The SMILES string of the molecule is Cc1cccc2[nH]c3cc[nH+]cc3c12. The minimum Gasteiger partial charge on any atom is -0.354 e. The molecule has 3 aromatic rings. The van der Waals surface area contributed by atoms with Gasteiger partial charge < -0.3 is 4.98 Å². The van der Waals surface area contributed by atoms with Crippen LogP contribution >= 0.6 is 0 Å². The van der Waals surface area contributed by atoms with Gasteiger partial charge in [-0.25, -0.2) is 4.98 Å².